The second kappa shape index (κ2) is 11.3. The molecular weight excluding hydrogens is 455 g/mol. The third-order valence-corrected chi connectivity index (χ3v) is 4.04. The molecule has 2 heterocycles. The van der Waals surface area contributed by atoms with Crippen molar-refractivity contribution in [3.63, 3.8) is 0 Å². The minimum atomic E-state index is -0.0627. The van der Waals surface area contributed by atoms with E-state index in [0.717, 1.165) is 44.5 Å². The van der Waals surface area contributed by atoms with E-state index in [1.807, 2.05) is 30.0 Å². The summed E-state index contributed by atoms with van der Waals surface area (Å²) in [5.41, 5.74) is -0.0627. The molecule has 1 aliphatic heterocycles. The topological polar surface area (TPSA) is 72.9 Å². The number of hydrogen-bond acceptors (Lipinski definition) is 4. The molecule has 27 heavy (non-hydrogen) atoms. The highest BCUT2D eigenvalue weighted by molar-refractivity contribution is 14.0. The standard InChI is InChI=1S/C19H32N6O.HI/c1-5-20-18(23-19(2,3)4)22-11-9-17(26)25-14-12-24(13-15-25)16-8-6-7-10-21-16;/h6-8,10H,5,9,11-15H2,1-4H3,(H2,20,22,23);1H. The summed E-state index contributed by atoms with van der Waals surface area (Å²) in [6.45, 7) is 12.7. The van der Waals surface area contributed by atoms with E-state index in [-0.39, 0.29) is 35.4 Å². The third kappa shape index (κ3) is 8.32. The molecule has 152 valence electrons. The number of carbonyl (C=O) groups is 1. The first-order chi connectivity index (χ1) is 12.4. The molecule has 7 nitrogen and oxygen atoms in total. The Labute approximate surface area is 180 Å². The van der Waals surface area contributed by atoms with E-state index in [4.69, 9.17) is 0 Å². The first-order valence-electron chi connectivity index (χ1n) is 9.39. The van der Waals surface area contributed by atoms with Crippen LogP contribution in [0, 0.1) is 0 Å². The van der Waals surface area contributed by atoms with Crippen molar-refractivity contribution >= 4 is 41.7 Å². The number of guanidine groups is 1. The summed E-state index contributed by atoms with van der Waals surface area (Å²) in [4.78, 5) is 25.5. The number of hydrogen-bond donors (Lipinski definition) is 2. The van der Waals surface area contributed by atoms with Gasteiger partial charge in [0.25, 0.3) is 0 Å². The van der Waals surface area contributed by atoms with Crippen LogP contribution in [0.15, 0.2) is 29.4 Å². The molecule has 1 fully saturated rings. The number of rotatable bonds is 5. The van der Waals surface area contributed by atoms with Gasteiger partial charge in [-0.05, 0) is 39.8 Å². The van der Waals surface area contributed by atoms with Gasteiger partial charge < -0.3 is 20.4 Å². The van der Waals surface area contributed by atoms with Gasteiger partial charge in [-0.2, -0.15) is 0 Å². The number of carbonyl (C=O) groups excluding carboxylic acids is 1. The van der Waals surface area contributed by atoms with Crippen LogP contribution in [0.4, 0.5) is 5.82 Å². The summed E-state index contributed by atoms with van der Waals surface area (Å²) in [6, 6.07) is 5.92. The van der Waals surface area contributed by atoms with Gasteiger partial charge in [-0.25, -0.2) is 4.98 Å². The van der Waals surface area contributed by atoms with Crippen molar-refractivity contribution in [2.24, 2.45) is 4.99 Å². The minimum absolute atomic E-state index is 0. The van der Waals surface area contributed by atoms with Crippen molar-refractivity contribution in [3.05, 3.63) is 24.4 Å². The van der Waals surface area contributed by atoms with Crippen LogP contribution in [-0.2, 0) is 4.79 Å². The van der Waals surface area contributed by atoms with Gasteiger partial charge in [-0.15, -0.1) is 24.0 Å². The van der Waals surface area contributed by atoms with Crippen LogP contribution in [0.5, 0.6) is 0 Å². The zero-order chi connectivity index (χ0) is 19.0. The first-order valence-corrected chi connectivity index (χ1v) is 9.39. The molecule has 0 unspecified atom stereocenters. The second-order valence-electron chi connectivity index (χ2n) is 7.44. The van der Waals surface area contributed by atoms with E-state index in [1.165, 1.54) is 0 Å². The number of aromatic nitrogens is 1. The number of pyridine rings is 1. The molecule has 0 spiro atoms. The summed E-state index contributed by atoms with van der Waals surface area (Å²) >= 11 is 0. The van der Waals surface area contributed by atoms with Gasteiger partial charge in [-0.3, -0.25) is 9.79 Å². The molecule has 8 heteroatoms. The van der Waals surface area contributed by atoms with Crippen LogP contribution in [0.2, 0.25) is 0 Å². The summed E-state index contributed by atoms with van der Waals surface area (Å²) < 4.78 is 0. The summed E-state index contributed by atoms with van der Waals surface area (Å²) in [5.74, 6) is 1.90. The molecule has 1 saturated heterocycles. The lowest BCUT2D eigenvalue weighted by molar-refractivity contribution is -0.131. The monoisotopic (exact) mass is 488 g/mol. The zero-order valence-electron chi connectivity index (χ0n) is 16.9. The Morgan fingerprint density at radius 2 is 1.93 bits per heavy atom. The van der Waals surface area contributed by atoms with Gasteiger partial charge in [-0.1, -0.05) is 6.07 Å². The quantitative estimate of drug-likeness (QED) is 0.378. The molecular formula is C19H33IN6O. The van der Waals surface area contributed by atoms with Crippen molar-refractivity contribution in [1.82, 2.24) is 20.5 Å². The number of aliphatic imine (C=N–C) groups is 1. The van der Waals surface area contributed by atoms with Gasteiger partial charge in [0.1, 0.15) is 5.82 Å². The van der Waals surface area contributed by atoms with Gasteiger partial charge >= 0.3 is 0 Å². The lowest BCUT2D eigenvalue weighted by Crippen LogP contribution is -2.49. The summed E-state index contributed by atoms with van der Waals surface area (Å²) in [5, 5.41) is 6.55. The van der Waals surface area contributed by atoms with Crippen molar-refractivity contribution in [2.75, 3.05) is 44.2 Å². The van der Waals surface area contributed by atoms with Gasteiger partial charge in [0.15, 0.2) is 5.96 Å². The fraction of sp³-hybridized carbons (Fsp3) is 0.632. The summed E-state index contributed by atoms with van der Waals surface area (Å²) in [7, 11) is 0. The average Bonchev–Trinajstić information content (AvgIpc) is 2.61. The molecule has 0 saturated carbocycles. The molecule has 0 atom stereocenters. The normalized spacial score (nSPS) is 15.2. The van der Waals surface area contributed by atoms with Gasteiger partial charge in [0, 0.05) is 50.9 Å². The smallest absolute Gasteiger partial charge is 0.224 e. The van der Waals surface area contributed by atoms with Crippen molar-refractivity contribution < 1.29 is 4.79 Å². The predicted molar refractivity (Wildman–Crippen MR) is 122 cm³/mol. The largest absolute Gasteiger partial charge is 0.357 e. The SMILES string of the molecule is CCNC(=NCCC(=O)N1CCN(c2ccccn2)CC1)NC(C)(C)C.I. The van der Waals surface area contributed by atoms with Crippen LogP contribution in [-0.4, -0.2) is 66.6 Å². The number of halogens is 1. The maximum absolute atomic E-state index is 12.4. The summed E-state index contributed by atoms with van der Waals surface area (Å²) in [6.07, 6.45) is 2.24. The highest BCUT2D eigenvalue weighted by Gasteiger charge is 2.21. The van der Waals surface area contributed by atoms with E-state index in [0.29, 0.717) is 13.0 Å². The molecule has 0 bridgehead atoms. The van der Waals surface area contributed by atoms with Crippen LogP contribution in [0.1, 0.15) is 34.1 Å². The highest BCUT2D eigenvalue weighted by Crippen LogP contribution is 2.13. The zero-order valence-corrected chi connectivity index (χ0v) is 19.2. The molecule has 0 radical (unpaired) electrons. The Kier molecular flexibility index (Phi) is 9.82. The van der Waals surface area contributed by atoms with E-state index in [1.54, 1.807) is 6.20 Å². The van der Waals surface area contributed by atoms with E-state index < -0.39 is 0 Å². The Bertz CT molecular complexity index is 594. The maximum Gasteiger partial charge on any atom is 0.224 e. The number of amides is 1. The Hall–Kier alpha value is -1.58. The number of nitrogens with one attached hydrogen (secondary N) is 2. The molecule has 1 aromatic heterocycles. The Morgan fingerprint density at radius 1 is 1.22 bits per heavy atom. The highest BCUT2D eigenvalue weighted by atomic mass is 127. The maximum atomic E-state index is 12.4. The fourth-order valence-corrected chi connectivity index (χ4v) is 2.81. The lowest BCUT2D eigenvalue weighted by atomic mass is 10.1. The third-order valence-electron chi connectivity index (χ3n) is 4.04. The lowest BCUT2D eigenvalue weighted by Gasteiger charge is -2.35. The van der Waals surface area contributed by atoms with Crippen molar-refractivity contribution in [3.8, 4) is 0 Å². The second-order valence-corrected chi connectivity index (χ2v) is 7.44. The molecule has 1 amide bonds. The van der Waals surface area contributed by atoms with E-state index in [2.05, 4.69) is 46.3 Å². The van der Waals surface area contributed by atoms with E-state index in [9.17, 15) is 4.79 Å². The van der Waals surface area contributed by atoms with Crippen LogP contribution in [0.3, 0.4) is 0 Å². The Morgan fingerprint density at radius 3 is 2.48 bits per heavy atom. The molecule has 0 aliphatic carbocycles. The average molecular weight is 488 g/mol. The van der Waals surface area contributed by atoms with Crippen LogP contribution < -0.4 is 15.5 Å². The first kappa shape index (κ1) is 23.5. The molecule has 1 aliphatic rings. The van der Waals surface area contributed by atoms with Gasteiger partial charge in [0.2, 0.25) is 5.91 Å². The van der Waals surface area contributed by atoms with Crippen molar-refractivity contribution in [2.45, 2.75) is 39.7 Å². The number of nitrogens with zero attached hydrogens (tertiary/aromatic N) is 4. The number of anilines is 1. The van der Waals surface area contributed by atoms with Crippen LogP contribution >= 0.6 is 24.0 Å². The Balaban J connectivity index is 0.00000364. The minimum Gasteiger partial charge on any atom is -0.357 e. The van der Waals surface area contributed by atoms with Gasteiger partial charge in [0.05, 0.1) is 6.54 Å². The predicted octanol–water partition coefficient (Wildman–Crippen LogP) is 2.09. The fourth-order valence-electron chi connectivity index (χ4n) is 2.81. The molecule has 2 N–H and O–H groups in total. The van der Waals surface area contributed by atoms with Crippen LogP contribution in [0.25, 0.3) is 0 Å². The molecule has 1 aromatic rings. The van der Waals surface area contributed by atoms with E-state index >= 15 is 0 Å². The molecule has 0 aromatic carbocycles. The van der Waals surface area contributed by atoms with Crippen molar-refractivity contribution in [1.29, 1.82) is 0 Å². The number of piperazine rings is 1. The molecule has 2 rings (SSSR count).